The van der Waals surface area contributed by atoms with Gasteiger partial charge in [-0.3, -0.25) is 10.1 Å². The summed E-state index contributed by atoms with van der Waals surface area (Å²) in [5.74, 6) is 1.58. The Labute approximate surface area is 155 Å². The fourth-order valence-electron chi connectivity index (χ4n) is 3.53. The molecule has 2 aliphatic rings. The molecule has 26 heavy (non-hydrogen) atoms. The second-order valence-electron chi connectivity index (χ2n) is 6.96. The van der Waals surface area contributed by atoms with Crippen LogP contribution < -0.4 is 10.1 Å². The predicted molar refractivity (Wildman–Crippen MR) is 102 cm³/mol. The van der Waals surface area contributed by atoms with Gasteiger partial charge in [-0.1, -0.05) is 32.6 Å². The molecule has 0 radical (unpaired) electrons. The van der Waals surface area contributed by atoms with E-state index in [2.05, 4.69) is 10.3 Å². The number of amides is 1. The summed E-state index contributed by atoms with van der Waals surface area (Å²) in [5.41, 5.74) is 2.01. The Bertz CT molecular complexity index is 660. The van der Waals surface area contributed by atoms with E-state index in [0.717, 1.165) is 49.1 Å². The van der Waals surface area contributed by atoms with E-state index in [4.69, 9.17) is 9.84 Å². The lowest BCUT2D eigenvalue weighted by Crippen LogP contribution is -2.36. The predicted octanol–water partition coefficient (Wildman–Crippen LogP) is 3.11. The topological polar surface area (TPSA) is 74.2 Å². The van der Waals surface area contributed by atoms with Crippen LogP contribution in [0.5, 0.6) is 5.75 Å². The van der Waals surface area contributed by atoms with Crippen LogP contribution in [0.4, 0.5) is 5.69 Å². The molecule has 0 spiro atoms. The maximum atomic E-state index is 12.0. The van der Waals surface area contributed by atoms with Gasteiger partial charge in [-0.05, 0) is 37.5 Å². The summed E-state index contributed by atoms with van der Waals surface area (Å²) in [4.78, 5) is 18.6. The molecule has 6 heteroatoms. The van der Waals surface area contributed by atoms with E-state index in [1.165, 1.54) is 12.8 Å². The second-order valence-corrected chi connectivity index (χ2v) is 6.96. The lowest BCUT2D eigenvalue weighted by Gasteiger charge is -2.27. The molecule has 1 fully saturated rings. The van der Waals surface area contributed by atoms with Gasteiger partial charge in [-0.15, -0.1) is 0 Å². The summed E-state index contributed by atoms with van der Waals surface area (Å²) < 4.78 is 5.90. The lowest BCUT2D eigenvalue weighted by molar-refractivity contribution is -0.121. The van der Waals surface area contributed by atoms with Crippen LogP contribution in [0.1, 0.15) is 57.4 Å². The highest BCUT2D eigenvalue weighted by Gasteiger charge is 2.37. The maximum Gasteiger partial charge on any atom is 0.249 e. The molecule has 1 aromatic rings. The normalized spacial score (nSPS) is 18.2. The van der Waals surface area contributed by atoms with Gasteiger partial charge in [0.25, 0.3) is 0 Å². The number of ether oxygens (including phenoxy) is 1. The van der Waals surface area contributed by atoms with E-state index in [1.54, 1.807) is 0 Å². The van der Waals surface area contributed by atoms with Gasteiger partial charge >= 0.3 is 0 Å². The minimum absolute atomic E-state index is 0.0366. The van der Waals surface area contributed by atoms with E-state index >= 15 is 0 Å². The van der Waals surface area contributed by atoms with E-state index in [-0.39, 0.29) is 11.9 Å². The number of benzene rings is 1. The highest BCUT2D eigenvalue weighted by Crippen LogP contribution is 2.32. The Morgan fingerprint density at radius 1 is 1.23 bits per heavy atom. The molecule has 3 rings (SSSR count). The molecule has 0 aromatic heterocycles. The van der Waals surface area contributed by atoms with Crippen molar-refractivity contribution in [1.82, 2.24) is 10.2 Å². The van der Waals surface area contributed by atoms with Crippen LogP contribution in [-0.2, 0) is 11.3 Å². The summed E-state index contributed by atoms with van der Waals surface area (Å²) in [6.45, 7) is 3.72. The van der Waals surface area contributed by atoms with Crippen molar-refractivity contribution in [3.8, 4) is 5.75 Å². The quantitative estimate of drug-likeness (QED) is 0.630. The van der Waals surface area contributed by atoms with Gasteiger partial charge in [-0.25, -0.2) is 4.99 Å². The third-order valence-electron chi connectivity index (χ3n) is 5.01. The molecule has 2 N–H and O–H groups in total. The van der Waals surface area contributed by atoms with Gasteiger partial charge < -0.3 is 14.7 Å². The van der Waals surface area contributed by atoms with Gasteiger partial charge in [0.15, 0.2) is 0 Å². The minimum Gasteiger partial charge on any atom is -0.494 e. The van der Waals surface area contributed by atoms with Crippen molar-refractivity contribution in [2.75, 3.05) is 13.2 Å². The summed E-state index contributed by atoms with van der Waals surface area (Å²) in [7, 11) is 0. The van der Waals surface area contributed by atoms with Crippen molar-refractivity contribution < 1.29 is 14.6 Å². The molecular formula is C20H29N3O3. The molecule has 142 valence electrons. The molecule has 0 bridgehead atoms. The number of nitrogens with one attached hydrogen (secondary N) is 1. The summed E-state index contributed by atoms with van der Waals surface area (Å²) in [6.07, 6.45) is 7.36. The third kappa shape index (κ3) is 4.36. The number of nitrogens with zero attached hydrogens (tertiary/aromatic N) is 2. The Balaban J connectivity index is 1.49. The molecule has 1 unspecified atom stereocenters. The number of hydrogen-bond donors (Lipinski definition) is 2. The Hall–Kier alpha value is -2.08. The molecule has 1 aromatic carbocycles. The second kappa shape index (κ2) is 9.03. The molecule has 1 atom stereocenters. The first kappa shape index (κ1) is 18.7. The SMILES string of the molecule is CCC1C(=O)NC2=Nc3ccc(OCCCCCCCCO)cc3CN21. The monoisotopic (exact) mass is 359 g/mol. The molecule has 1 amide bonds. The summed E-state index contributed by atoms with van der Waals surface area (Å²) in [6, 6.07) is 5.84. The Kier molecular flexibility index (Phi) is 6.50. The third-order valence-corrected chi connectivity index (χ3v) is 5.01. The highest BCUT2D eigenvalue weighted by atomic mass is 16.5. The first-order chi connectivity index (χ1) is 12.7. The van der Waals surface area contributed by atoms with E-state index in [0.29, 0.717) is 25.7 Å². The number of aliphatic hydroxyl groups is 1. The van der Waals surface area contributed by atoms with Gasteiger partial charge in [0, 0.05) is 18.7 Å². The number of carbonyl (C=O) groups is 1. The number of unbranched alkanes of at least 4 members (excludes halogenated alkanes) is 5. The van der Waals surface area contributed by atoms with Crippen molar-refractivity contribution >= 4 is 17.6 Å². The van der Waals surface area contributed by atoms with E-state index < -0.39 is 0 Å². The number of hydrogen-bond acceptors (Lipinski definition) is 5. The van der Waals surface area contributed by atoms with Crippen molar-refractivity contribution in [1.29, 1.82) is 0 Å². The summed E-state index contributed by atoms with van der Waals surface area (Å²) in [5, 5.41) is 11.6. The minimum atomic E-state index is -0.127. The highest BCUT2D eigenvalue weighted by molar-refractivity contribution is 6.07. The zero-order chi connectivity index (χ0) is 18.4. The van der Waals surface area contributed by atoms with Crippen molar-refractivity contribution in [2.45, 2.75) is 64.5 Å². The van der Waals surface area contributed by atoms with Crippen LogP contribution >= 0.6 is 0 Å². The largest absolute Gasteiger partial charge is 0.494 e. The summed E-state index contributed by atoms with van der Waals surface area (Å²) >= 11 is 0. The van der Waals surface area contributed by atoms with Crippen molar-refractivity contribution in [3.63, 3.8) is 0 Å². The van der Waals surface area contributed by atoms with E-state index in [1.807, 2.05) is 30.0 Å². The van der Waals surface area contributed by atoms with Crippen LogP contribution in [0.3, 0.4) is 0 Å². The molecule has 2 heterocycles. The molecule has 1 saturated heterocycles. The molecule has 2 aliphatic heterocycles. The average Bonchev–Trinajstić information content (AvgIpc) is 2.95. The zero-order valence-corrected chi connectivity index (χ0v) is 15.5. The molecule has 0 saturated carbocycles. The Morgan fingerprint density at radius 2 is 2.00 bits per heavy atom. The molecule has 0 aliphatic carbocycles. The first-order valence-electron chi connectivity index (χ1n) is 9.75. The van der Waals surface area contributed by atoms with Crippen LogP contribution in [-0.4, -0.2) is 41.1 Å². The van der Waals surface area contributed by atoms with Gasteiger partial charge in [0.05, 0.1) is 12.3 Å². The van der Waals surface area contributed by atoms with Crippen LogP contribution in [0, 0.1) is 0 Å². The van der Waals surface area contributed by atoms with Crippen LogP contribution in [0.15, 0.2) is 23.2 Å². The van der Waals surface area contributed by atoms with Crippen LogP contribution in [0.25, 0.3) is 0 Å². The number of guanidine groups is 1. The first-order valence-corrected chi connectivity index (χ1v) is 9.75. The van der Waals surface area contributed by atoms with Crippen LogP contribution in [0.2, 0.25) is 0 Å². The lowest BCUT2D eigenvalue weighted by atomic mass is 10.1. The van der Waals surface area contributed by atoms with Crippen molar-refractivity contribution in [3.05, 3.63) is 23.8 Å². The fourth-order valence-corrected chi connectivity index (χ4v) is 3.53. The van der Waals surface area contributed by atoms with Gasteiger partial charge in [-0.2, -0.15) is 0 Å². The number of aliphatic hydroxyl groups excluding tert-OH is 1. The standard InChI is InChI=1S/C20H29N3O3/c1-2-18-19(25)22-20-21-17-10-9-16(13-15(17)14-23(18)20)26-12-8-6-4-3-5-7-11-24/h9-10,13,18,24H,2-8,11-12,14H2,1H3,(H,21,22,25). The number of fused-ring (bicyclic) bond motifs is 2. The number of carbonyl (C=O) groups excluding carboxylic acids is 1. The Morgan fingerprint density at radius 3 is 2.77 bits per heavy atom. The molecular weight excluding hydrogens is 330 g/mol. The zero-order valence-electron chi connectivity index (χ0n) is 15.5. The average molecular weight is 359 g/mol. The van der Waals surface area contributed by atoms with Gasteiger partial charge in [0.2, 0.25) is 11.9 Å². The maximum absolute atomic E-state index is 12.0. The number of rotatable bonds is 10. The van der Waals surface area contributed by atoms with Gasteiger partial charge in [0.1, 0.15) is 11.8 Å². The van der Waals surface area contributed by atoms with E-state index in [9.17, 15) is 4.79 Å². The van der Waals surface area contributed by atoms with Crippen molar-refractivity contribution in [2.24, 2.45) is 4.99 Å². The number of aliphatic imine (C=N–C) groups is 1. The fraction of sp³-hybridized carbons (Fsp3) is 0.600. The smallest absolute Gasteiger partial charge is 0.249 e. The molecule has 6 nitrogen and oxygen atoms in total.